The fourth-order valence-corrected chi connectivity index (χ4v) is 2.30. The molecule has 0 fully saturated rings. The number of benzene rings is 1. The van der Waals surface area contributed by atoms with Gasteiger partial charge < -0.3 is 0 Å². The quantitative estimate of drug-likeness (QED) is 0.695. The molecule has 2 aromatic rings. The first-order chi connectivity index (χ1) is 8.41. The van der Waals surface area contributed by atoms with E-state index in [1.165, 1.54) is 16.9 Å². The highest BCUT2D eigenvalue weighted by atomic mass is 79.9. The third-order valence-electron chi connectivity index (χ3n) is 2.36. The molecule has 0 saturated carbocycles. The summed E-state index contributed by atoms with van der Waals surface area (Å²) in [4.78, 5) is 0. The lowest BCUT2D eigenvalue weighted by molar-refractivity contribution is -0.138. The van der Waals surface area contributed by atoms with Crippen LogP contribution >= 0.6 is 31.9 Å². The van der Waals surface area contributed by atoms with E-state index in [9.17, 15) is 13.2 Å². The molecule has 1 aromatic heterocycles. The summed E-state index contributed by atoms with van der Waals surface area (Å²) >= 11 is 6.26. The Morgan fingerprint density at radius 2 is 2.00 bits per heavy atom. The summed E-state index contributed by atoms with van der Waals surface area (Å²) in [5.74, 6) is 0. The van der Waals surface area contributed by atoms with E-state index in [-0.39, 0.29) is 10.9 Å². The molecule has 0 spiro atoms. The van der Waals surface area contributed by atoms with Crippen molar-refractivity contribution in [3.8, 4) is 5.69 Å². The number of halogens is 5. The van der Waals surface area contributed by atoms with Gasteiger partial charge in [0.1, 0.15) is 0 Å². The van der Waals surface area contributed by atoms with Gasteiger partial charge in [0.25, 0.3) is 0 Å². The van der Waals surface area contributed by atoms with E-state index in [0.717, 1.165) is 6.07 Å². The molecule has 7 heteroatoms. The Bertz CT molecular complexity index is 564. The molecule has 0 aliphatic carbocycles. The van der Waals surface area contributed by atoms with Gasteiger partial charge in [-0.3, -0.25) is 0 Å². The first kappa shape index (κ1) is 13.6. The average molecular weight is 384 g/mol. The van der Waals surface area contributed by atoms with Crippen LogP contribution in [0.2, 0.25) is 0 Å². The second-order valence-corrected chi connectivity index (χ2v) is 5.05. The van der Waals surface area contributed by atoms with Gasteiger partial charge in [0.05, 0.1) is 21.9 Å². The van der Waals surface area contributed by atoms with Gasteiger partial charge in [0.2, 0.25) is 0 Å². The zero-order valence-electron chi connectivity index (χ0n) is 8.88. The Morgan fingerprint density at radius 3 is 2.50 bits per heavy atom. The molecule has 1 heterocycles. The summed E-state index contributed by atoms with van der Waals surface area (Å²) < 4.78 is 40.7. The van der Waals surface area contributed by atoms with Crippen LogP contribution in [0.15, 0.2) is 35.1 Å². The molecule has 0 aliphatic heterocycles. The van der Waals surface area contributed by atoms with E-state index in [4.69, 9.17) is 0 Å². The molecule has 0 saturated heterocycles. The highest BCUT2D eigenvalue weighted by Gasteiger charge is 2.33. The maximum absolute atomic E-state index is 12.9. The number of alkyl halides is 4. The second-order valence-electron chi connectivity index (χ2n) is 3.58. The van der Waals surface area contributed by atoms with Crippen molar-refractivity contribution in [3.05, 3.63) is 46.2 Å². The highest BCUT2D eigenvalue weighted by Crippen LogP contribution is 2.34. The molecule has 0 radical (unpaired) electrons. The Morgan fingerprint density at radius 1 is 1.28 bits per heavy atom. The predicted molar refractivity (Wildman–Crippen MR) is 68.9 cm³/mol. The Kier molecular flexibility index (Phi) is 3.82. The molecular weight excluding hydrogens is 377 g/mol. The monoisotopic (exact) mass is 382 g/mol. The summed E-state index contributed by atoms with van der Waals surface area (Å²) in [6.07, 6.45) is -1.25. The summed E-state index contributed by atoms with van der Waals surface area (Å²) in [5, 5.41) is 4.11. The standard InChI is InChI=1S/C11H7Br2F3N2/c12-4-7-1-2-9(3-10(7)11(14,15)16)18-6-8(13)5-17-18/h1-3,5-6H,4H2. The number of rotatable bonds is 2. The van der Waals surface area contributed by atoms with Crippen molar-refractivity contribution in [2.24, 2.45) is 0 Å². The summed E-state index contributed by atoms with van der Waals surface area (Å²) in [7, 11) is 0. The van der Waals surface area contributed by atoms with Gasteiger partial charge in [0, 0.05) is 11.5 Å². The first-order valence-corrected chi connectivity index (χ1v) is 6.80. The normalized spacial score (nSPS) is 11.8. The van der Waals surface area contributed by atoms with Crippen molar-refractivity contribution < 1.29 is 13.2 Å². The molecular formula is C11H7Br2F3N2. The highest BCUT2D eigenvalue weighted by molar-refractivity contribution is 9.10. The predicted octanol–water partition coefficient (Wildman–Crippen LogP) is 4.55. The average Bonchev–Trinajstić information content (AvgIpc) is 2.74. The largest absolute Gasteiger partial charge is 0.416 e. The fraction of sp³-hybridized carbons (Fsp3) is 0.182. The van der Waals surface area contributed by atoms with Crippen molar-refractivity contribution in [2.75, 3.05) is 0 Å². The molecule has 0 unspecified atom stereocenters. The Balaban J connectivity index is 2.52. The van der Waals surface area contributed by atoms with Gasteiger partial charge in [-0.2, -0.15) is 18.3 Å². The van der Waals surface area contributed by atoms with Crippen molar-refractivity contribution in [1.82, 2.24) is 9.78 Å². The number of nitrogens with zero attached hydrogens (tertiary/aromatic N) is 2. The zero-order valence-corrected chi connectivity index (χ0v) is 12.1. The molecule has 2 rings (SSSR count). The van der Waals surface area contributed by atoms with Crippen LogP contribution in [0.5, 0.6) is 0 Å². The molecule has 18 heavy (non-hydrogen) atoms. The molecule has 96 valence electrons. The van der Waals surface area contributed by atoms with Crippen molar-refractivity contribution in [2.45, 2.75) is 11.5 Å². The van der Waals surface area contributed by atoms with Crippen molar-refractivity contribution in [1.29, 1.82) is 0 Å². The summed E-state index contributed by atoms with van der Waals surface area (Å²) in [6.45, 7) is 0. The van der Waals surface area contributed by atoms with E-state index in [1.54, 1.807) is 12.3 Å². The van der Waals surface area contributed by atoms with Crippen LogP contribution in [0.3, 0.4) is 0 Å². The van der Waals surface area contributed by atoms with Gasteiger partial charge in [-0.25, -0.2) is 4.68 Å². The van der Waals surface area contributed by atoms with Crippen LogP contribution in [0.1, 0.15) is 11.1 Å². The van der Waals surface area contributed by atoms with Gasteiger partial charge in [-0.1, -0.05) is 22.0 Å². The molecule has 2 nitrogen and oxygen atoms in total. The van der Waals surface area contributed by atoms with Crippen molar-refractivity contribution >= 4 is 31.9 Å². The molecule has 0 amide bonds. The topological polar surface area (TPSA) is 17.8 Å². The number of aromatic nitrogens is 2. The van der Waals surface area contributed by atoms with Crippen LogP contribution in [-0.2, 0) is 11.5 Å². The second kappa shape index (κ2) is 5.05. The molecule has 0 atom stereocenters. The van der Waals surface area contributed by atoms with Gasteiger partial charge >= 0.3 is 6.18 Å². The van der Waals surface area contributed by atoms with Crippen LogP contribution in [0.25, 0.3) is 5.69 Å². The number of hydrogen-bond acceptors (Lipinski definition) is 1. The van der Waals surface area contributed by atoms with Crippen LogP contribution < -0.4 is 0 Å². The van der Waals surface area contributed by atoms with Crippen LogP contribution in [0.4, 0.5) is 13.2 Å². The van der Waals surface area contributed by atoms with Crippen LogP contribution in [-0.4, -0.2) is 9.78 Å². The first-order valence-electron chi connectivity index (χ1n) is 4.88. The Labute approximate surface area is 118 Å². The van der Waals surface area contributed by atoms with E-state index in [0.29, 0.717) is 10.2 Å². The lowest BCUT2D eigenvalue weighted by atomic mass is 10.1. The minimum Gasteiger partial charge on any atom is -0.240 e. The van der Waals surface area contributed by atoms with Crippen LogP contribution in [0, 0.1) is 0 Å². The minimum atomic E-state index is -4.37. The summed E-state index contributed by atoms with van der Waals surface area (Å²) in [5.41, 5.74) is -0.0707. The van der Waals surface area contributed by atoms with E-state index in [2.05, 4.69) is 37.0 Å². The maximum atomic E-state index is 12.9. The van der Waals surface area contributed by atoms with Gasteiger partial charge in [0.15, 0.2) is 0 Å². The fourth-order valence-electron chi connectivity index (χ4n) is 1.53. The minimum absolute atomic E-state index is 0.158. The molecule has 0 aliphatic rings. The lowest BCUT2D eigenvalue weighted by Crippen LogP contribution is -2.10. The van der Waals surface area contributed by atoms with E-state index in [1.807, 2.05) is 0 Å². The zero-order chi connectivity index (χ0) is 13.3. The van der Waals surface area contributed by atoms with E-state index >= 15 is 0 Å². The lowest BCUT2D eigenvalue weighted by Gasteiger charge is -2.13. The Hall–Kier alpha value is -0.820. The molecule has 1 aromatic carbocycles. The smallest absolute Gasteiger partial charge is 0.240 e. The van der Waals surface area contributed by atoms with E-state index < -0.39 is 11.7 Å². The summed E-state index contributed by atoms with van der Waals surface area (Å²) in [6, 6.07) is 4.14. The molecule has 0 bridgehead atoms. The third kappa shape index (κ3) is 2.77. The molecule has 0 N–H and O–H groups in total. The van der Waals surface area contributed by atoms with Gasteiger partial charge in [-0.05, 0) is 33.6 Å². The third-order valence-corrected chi connectivity index (χ3v) is 3.37. The van der Waals surface area contributed by atoms with Crippen molar-refractivity contribution in [3.63, 3.8) is 0 Å². The van der Waals surface area contributed by atoms with Gasteiger partial charge in [-0.15, -0.1) is 0 Å². The number of hydrogen-bond donors (Lipinski definition) is 0. The maximum Gasteiger partial charge on any atom is 0.416 e. The SMILES string of the molecule is FC(F)(F)c1cc(-n2cc(Br)cn2)ccc1CBr.